The van der Waals surface area contributed by atoms with E-state index in [4.69, 9.17) is 27.6 Å². The van der Waals surface area contributed by atoms with Gasteiger partial charge >= 0.3 is 0 Å². The summed E-state index contributed by atoms with van der Waals surface area (Å²) in [6, 6.07) is 5.46. The molecule has 1 heterocycles. The third-order valence-corrected chi connectivity index (χ3v) is 5.14. The lowest BCUT2D eigenvalue weighted by atomic mass is 9.81. The molecular formula is C18H20Cl2O2. The molecule has 1 fully saturated rings. The van der Waals surface area contributed by atoms with E-state index in [-0.39, 0.29) is 6.61 Å². The van der Waals surface area contributed by atoms with Gasteiger partial charge in [-0.15, -0.1) is 0 Å². The van der Waals surface area contributed by atoms with Crippen LogP contribution in [0.4, 0.5) is 0 Å². The molecule has 4 heteroatoms. The van der Waals surface area contributed by atoms with Crippen LogP contribution in [0.1, 0.15) is 54.9 Å². The predicted molar refractivity (Wildman–Crippen MR) is 90.6 cm³/mol. The van der Waals surface area contributed by atoms with Gasteiger partial charge < -0.3 is 9.52 Å². The first-order chi connectivity index (χ1) is 10.6. The molecule has 1 aromatic carbocycles. The SMILES string of the molecule is Cc1oc(-c2ccc(Cl)cc2Cl)c(C2CCCCC2)c1CO. The Kier molecular flexibility index (Phi) is 4.82. The average molecular weight is 339 g/mol. The molecule has 1 N–H and O–H groups in total. The molecule has 2 aromatic rings. The fourth-order valence-electron chi connectivity index (χ4n) is 3.49. The fraction of sp³-hybridized carbons (Fsp3) is 0.444. The summed E-state index contributed by atoms with van der Waals surface area (Å²) < 4.78 is 6.01. The van der Waals surface area contributed by atoms with Crippen molar-refractivity contribution in [2.75, 3.05) is 0 Å². The highest BCUT2D eigenvalue weighted by molar-refractivity contribution is 6.36. The van der Waals surface area contributed by atoms with E-state index < -0.39 is 0 Å². The van der Waals surface area contributed by atoms with Crippen LogP contribution in [0.15, 0.2) is 22.6 Å². The Morgan fingerprint density at radius 3 is 2.55 bits per heavy atom. The van der Waals surface area contributed by atoms with E-state index in [2.05, 4.69) is 0 Å². The van der Waals surface area contributed by atoms with E-state index in [1.54, 1.807) is 6.07 Å². The molecule has 0 radical (unpaired) electrons. The van der Waals surface area contributed by atoms with Gasteiger partial charge in [-0.25, -0.2) is 0 Å². The maximum atomic E-state index is 9.79. The van der Waals surface area contributed by atoms with Gasteiger partial charge in [0.1, 0.15) is 11.5 Å². The van der Waals surface area contributed by atoms with Gasteiger partial charge in [0, 0.05) is 21.7 Å². The maximum Gasteiger partial charge on any atom is 0.139 e. The lowest BCUT2D eigenvalue weighted by Crippen LogP contribution is -2.07. The van der Waals surface area contributed by atoms with Gasteiger partial charge in [0.15, 0.2) is 0 Å². The summed E-state index contributed by atoms with van der Waals surface area (Å²) in [5.74, 6) is 2.02. The number of benzene rings is 1. The second-order valence-corrected chi connectivity index (χ2v) is 6.84. The number of aliphatic hydroxyl groups is 1. The Hall–Kier alpha value is -0.960. The molecule has 3 rings (SSSR count). The molecule has 118 valence electrons. The highest BCUT2D eigenvalue weighted by atomic mass is 35.5. The monoisotopic (exact) mass is 338 g/mol. The molecule has 0 amide bonds. The number of hydrogen-bond acceptors (Lipinski definition) is 2. The van der Waals surface area contributed by atoms with Gasteiger partial charge in [-0.3, -0.25) is 0 Å². The van der Waals surface area contributed by atoms with E-state index in [0.717, 1.165) is 41.1 Å². The largest absolute Gasteiger partial charge is 0.461 e. The van der Waals surface area contributed by atoms with Gasteiger partial charge in [0.25, 0.3) is 0 Å². The molecule has 1 saturated carbocycles. The van der Waals surface area contributed by atoms with Crippen molar-refractivity contribution in [2.24, 2.45) is 0 Å². The van der Waals surface area contributed by atoms with Crippen LogP contribution in [-0.4, -0.2) is 5.11 Å². The molecule has 0 unspecified atom stereocenters. The van der Waals surface area contributed by atoms with Crippen molar-refractivity contribution < 1.29 is 9.52 Å². The summed E-state index contributed by atoms with van der Waals surface area (Å²) in [6.45, 7) is 1.91. The topological polar surface area (TPSA) is 33.4 Å². The number of furan rings is 1. The zero-order chi connectivity index (χ0) is 15.7. The van der Waals surface area contributed by atoms with Crippen LogP contribution in [0.25, 0.3) is 11.3 Å². The number of halogens is 2. The normalized spacial score (nSPS) is 16.2. The lowest BCUT2D eigenvalue weighted by Gasteiger charge is -2.23. The van der Waals surface area contributed by atoms with Crippen molar-refractivity contribution in [3.05, 3.63) is 45.1 Å². The van der Waals surface area contributed by atoms with Gasteiger partial charge in [0.2, 0.25) is 0 Å². The minimum absolute atomic E-state index is 0.00632. The summed E-state index contributed by atoms with van der Waals surface area (Å²) in [4.78, 5) is 0. The molecule has 0 spiro atoms. The molecule has 1 aliphatic carbocycles. The van der Waals surface area contributed by atoms with Crippen LogP contribution >= 0.6 is 23.2 Å². The molecule has 1 aromatic heterocycles. The second-order valence-electron chi connectivity index (χ2n) is 6.00. The number of rotatable bonds is 3. The molecule has 0 aliphatic heterocycles. The molecule has 1 aliphatic rings. The minimum atomic E-state index is 0.00632. The Labute approximate surface area is 141 Å². The second kappa shape index (κ2) is 6.66. The number of aryl methyl sites for hydroxylation is 1. The smallest absolute Gasteiger partial charge is 0.139 e. The fourth-order valence-corrected chi connectivity index (χ4v) is 3.98. The van der Waals surface area contributed by atoms with Crippen molar-refractivity contribution in [2.45, 2.75) is 51.6 Å². The van der Waals surface area contributed by atoms with Crippen LogP contribution < -0.4 is 0 Å². The quantitative estimate of drug-likeness (QED) is 0.733. The summed E-state index contributed by atoms with van der Waals surface area (Å²) >= 11 is 12.4. The van der Waals surface area contributed by atoms with Crippen LogP contribution in [0.5, 0.6) is 0 Å². The molecule has 0 bridgehead atoms. The first-order valence-electron chi connectivity index (χ1n) is 7.80. The lowest BCUT2D eigenvalue weighted by molar-refractivity contribution is 0.276. The van der Waals surface area contributed by atoms with Crippen molar-refractivity contribution >= 4 is 23.2 Å². The zero-order valence-corrected chi connectivity index (χ0v) is 14.2. The van der Waals surface area contributed by atoms with Crippen LogP contribution in [-0.2, 0) is 6.61 Å². The summed E-state index contributed by atoms with van der Waals surface area (Å²) in [5, 5.41) is 11.0. The molecule has 0 saturated heterocycles. The van der Waals surface area contributed by atoms with Gasteiger partial charge in [0.05, 0.1) is 11.6 Å². The van der Waals surface area contributed by atoms with E-state index >= 15 is 0 Å². The Balaban J connectivity index is 2.14. The zero-order valence-electron chi connectivity index (χ0n) is 12.7. The van der Waals surface area contributed by atoms with Crippen LogP contribution in [0.3, 0.4) is 0 Å². The van der Waals surface area contributed by atoms with E-state index in [1.165, 1.54) is 19.3 Å². The van der Waals surface area contributed by atoms with Crippen molar-refractivity contribution in [1.82, 2.24) is 0 Å². The Morgan fingerprint density at radius 2 is 1.91 bits per heavy atom. The summed E-state index contributed by atoms with van der Waals surface area (Å²) in [7, 11) is 0. The molecule has 2 nitrogen and oxygen atoms in total. The van der Waals surface area contributed by atoms with Crippen molar-refractivity contribution in [3.8, 4) is 11.3 Å². The van der Waals surface area contributed by atoms with Crippen LogP contribution in [0, 0.1) is 6.92 Å². The maximum absolute atomic E-state index is 9.79. The van der Waals surface area contributed by atoms with E-state index in [0.29, 0.717) is 16.0 Å². The summed E-state index contributed by atoms with van der Waals surface area (Å²) in [5.41, 5.74) is 2.92. The Bertz CT molecular complexity index is 670. The standard InChI is InChI=1S/C18H20Cl2O2/c1-11-15(10-21)17(12-5-3-2-4-6-12)18(22-11)14-8-7-13(19)9-16(14)20/h7-9,12,21H,2-6,10H2,1H3. The third-order valence-electron chi connectivity index (χ3n) is 4.60. The third kappa shape index (κ3) is 2.92. The molecule has 0 atom stereocenters. The van der Waals surface area contributed by atoms with Gasteiger partial charge in [-0.2, -0.15) is 0 Å². The predicted octanol–water partition coefficient (Wildman–Crippen LogP) is 6.10. The highest BCUT2D eigenvalue weighted by Gasteiger charge is 2.27. The van der Waals surface area contributed by atoms with Crippen molar-refractivity contribution in [3.63, 3.8) is 0 Å². The van der Waals surface area contributed by atoms with Crippen LogP contribution in [0.2, 0.25) is 10.0 Å². The number of aliphatic hydroxyl groups excluding tert-OH is 1. The van der Waals surface area contributed by atoms with E-state index in [9.17, 15) is 5.11 Å². The van der Waals surface area contributed by atoms with Gasteiger partial charge in [-0.1, -0.05) is 42.5 Å². The Morgan fingerprint density at radius 1 is 1.18 bits per heavy atom. The summed E-state index contributed by atoms with van der Waals surface area (Å²) in [6.07, 6.45) is 6.04. The first kappa shape index (κ1) is 15.9. The molecule has 22 heavy (non-hydrogen) atoms. The number of hydrogen-bond donors (Lipinski definition) is 1. The van der Waals surface area contributed by atoms with E-state index in [1.807, 2.05) is 19.1 Å². The molecular weight excluding hydrogens is 319 g/mol. The van der Waals surface area contributed by atoms with Crippen molar-refractivity contribution in [1.29, 1.82) is 0 Å². The average Bonchev–Trinajstić information content (AvgIpc) is 2.84. The minimum Gasteiger partial charge on any atom is -0.461 e. The highest BCUT2D eigenvalue weighted by Crippen LogP contribution is 2.44. The van der Waals surface area contributed by atoms with Gasteiger partial charge in [-0.05, 0) is 43.9 Å². The first-order valence-corrected chi connectivity index (χ1v) is 8.56.